The van der Waals surface area contributed by atoms with E-state index in [-0.39, 0.29) is 40.6 Å². The van der Waals surface area contributed by atoms with E-state index in [2.05, 4.69) is 33.8 Å². The van der Waals surface area contributed by atoms with Crippen LogP contribution in [0.4, 0.5) is 0 Å². The van der Waals surface area contributed by atoms with Gasteiger partial charge in [0.1, 0.15) is 67.1 Å². The second kappa shape index (κ2) is 17.5. The van der Waals surface area contributed by atoms with E-state index in [0.717, 1.165) is 32.1 Å². The first-order chi connectivity index (χ1) is 29.9. The van der Waals surface area contributed by atoms with Crippen molar-refractivity contribution in [3.8, 4) is 0 Å². The molecule has 18 nitrogen and oxygen atoms in total. The predicted molar refractivity (Wildman–Crippen MR) is 216 cm³/mol. The summed E-state index contributed by atoms with van der Waals surface area (Å²) in [6.45, 7) is 9.81. The Kier molecular flexibility index (Phi) is 13.1. The van der Waals surface area contributed by atoms with E-state index in [0.29, 0.717) is 37.7 Å². The molecule has 0 aromatic heterocycles. The summed E-state index contributed by atoms with van der Waals surface area (Å²) in [4.78, 5) is 0. The molecule has 0 bridgehead atoms. The molecule has 18 heteroatoms. The lowest BCUT2D eigenvalue weighted by Gasteiger charge is -2.60. The number of hydrogen-bond donors (Lipinski definition) is 10. The lowest BCUT2D eigenvalue weighted by atomic mass is 9.46. The smallest absolute Gasteiger partial charge is 0.187 e. The van der Waals surface area contributed by atoms with Crippen LogP contribution in [0.3, 0.4) is 0 Å². The molecule has 9 rings (SSSR count). The van der Waals surface area contributed by atoms with Gasteiger partial charge in [0, 0.05) is 23.7 Å². The van der Waals surface area contributed by atoms with Gasteiger partial charge in [-0.25, -0.2) is 0 Å². The van der Waals surface area contributed by atoms with Gasteiger partial charge < -0.3 is 89.0 Å². The Balaban J connectivity index is 0.951. The van der Waals surface area contributed by atoms with E-state index in [1.54, 1.807) is 0 Å². The fourth-order valence-corrected chi connectivity index (χ4v) is 14.0. The molecule has 1 spiro atoms. The largest absolute Gasteiger partial charge is 0.394 e. The highest BCUT2D eigenvalue weighted by Gasteiger charge is 2.71. The maximum atomic E-state index is 12.3. The Bertz CT molecular complexity index is 1640. The first kappa shape index (κ1) is 47.1. The van der Waals surface area contributed by atoms with Crippen molar-refractivity contribution in [1.82, 2.24) is 0 Å². The van der Waals surface area contributed by atoms with E-state index >= 15 is 0 Å². The molecular formula is C45H72O18. The van der Waals surface area contributed by atoms with Crippen LogP contribution in [0.2, 0.25) is 0 Å². The molecule has 9 aliphatic rings. The molecule has 0 amide bonds. The Morgan fingerprint density at radius 3 is 2.02 bits per heavy atom. The van der Waals surface area contributed by atoms with Crippen molar-refractivity contribution in [3.63, 3.8) is 0 Å². The SMILES string of the molecule is C[C@@H]1CC[C@@]2(OC1)O[C@H]1C[C@H]3[C@@H]4CC=C5C[C@@H](O[C@@H]6O[C@H](CO)[C@@H](O)[C@H](O[C@@H]7O[C@H](CO)[C@@H](O)[C@H](O)[C@H]7O)[C@H]6O[C@@H]6O[C@@H](C)[C@H](O)[C@@H](O)[C@H]6O)CC[C@]5(C)[C@H]4C[C@H](O)[C@]3(C)[C@H]1[C@@H]2C. The molecule has 5 saturated heterocycles. The molecule has 0 unspecified atom stereocenters. The number of hydrogen-bond acceptors (Lipinski definition) is 18. The monoisotopic (exact) mass is 900 g/mol. The van der Waals surface area contributed by atoms with E-state index in [4.69, 9.17) is 37.9 Å². The quantitative estimate of drug-likeness (QED) is 0.133. The Labute approximate surface area is 368 Å². The third-order valence-corrected chi connectivity index (χ3v) is 17.8. The van der Waals surface area contributed by atoms with Gasteiger partial charge in [-0.3, -0.25) is 0 Å². The number of allylic oxidation sites excluding steroid dienone is 1. The summed E-state index contributed by atoms with van der Waals surface area (Å²) in [7, 11) is 0. The van der Waals surface area contributed by atoms with E-state index in [1.165, 1.54) is 12.5 Å². The van der Waals surface area contributed by atoms with Crippen LogP contribution in [0.1, 0.15) is 86.0 Å². The van der Waals surface area contributed by atoms with Crippen LogP contribution < -0.4 is 0 Å². The van der Waals surface area contributed by atoms with Crippen LogP contribution in [0.15, 0.2) is 11.6 Å². The lowest BCUT2D eigenvalue weighted by Crippen LogP contribution is -2.67. The van der Waals surface area contributed by atoms with Crippen molar-refractivity contribution in [2.75, 3.05) is 19.8 Å². The van der Waals surface area contributed by atoms with Gasteiger partial charge in [-0.1, -0.05) is 39.3 Å². The topological polar surface area (TPSA) is 276 Å². The molecule has 10 N–H and O–H groups in total. The average Bonchev–Trinajstić information content (AvgIpc) is 3.71. The van der Waals surface area contributed by atoms with E-state index in [1.807, 2.05) is 0 Å². The number of fused-ring (bicyclic) bond motifs is 7. The van der Waals surface area contributed by atoms with Gasteiger partial charge >= 0.3 is 0 Å². The summed E-state index contributed by atoms with van der Waals surface area (Å²) in [6.07, 6.45) is -15.9. The van der Waals surface area contributed by atoms with E-state index < -0.39 is 123 Å². The van der Waals surface area contributed by atoms with Crippen molar-refractivity contribution >= 4 is 0 Å². The fourth-order valence-electron chi connectivity index (χ4n) is 14.0. The molecule has 0 aromatic rings. The molecule has 0 radical (unpaired) electrons. The second-order valence-electron chi connectivity index (χ2n) is 21.1. The summed E-state index contributed by atoms with van der Waals surface area (Å²) in [5.41, 5.74) is 0.675. The number of aliphatic hydroxyl groups is 10. The van der Waals surface area contributed by atoms with Crippen molar-refractivity contribution in [2.24, 2.45) is 46.3 Å². The highest BCUT2D eigenvalue weighted by atomic mass is 16.8. The second-order valence-corrected chi connectivity index (χ2v) is 21.1. The highest BCUT2D eigenvalue weighted by molar-refractivity contribution is 5.27. The molecule has 4 aliphatic carbocycles. The Morgan fingerprint density at radius 2 is 1.33 bits per heavy atom. The minimum atomic E-state index is -1.86. The van der Waals surface area contributed by atoms with Crippen LogP contribution in [-0.2, 0) is 37.9 Å². The maximum Gasteiger partial charge on any atom is 0.187 e. The average molecular weight is 901 g/mol. The Morgan fingerprint density at radius 1 is 0.683 bits per heavy atom. The predicted octanol–water partition coefficient (Wildman–Crippen LogP) is -0.815. The van der Waals surface area contributed by atoms with Crippen LogP contribution in [-0.4, -0.2) is 187 Å². The van der Waals surface area contributed by atoms with Crippen molar-refractivity contribution in [1.29, 1.82) is 0 Å². The first-order valence-corrected chi connectivity index (χ1v) is 23.5. The zero-order valence-electron chi connectivity index (χ0n) is 37.0. The maximum absolute atomic E-state index is 12.3. The van der Waals surface area contributed by atoms with Gasteiger partial charge in [-0.2, -0.15) is 0 Å². The van der Waals surface area contributed by atoms with Gasteiger partial charge in [0.25, 0.3) is 0 Å². The normalized spacial score (nSPS) is 58.1. The fraction of sp³-hybridized carbons (Fsp3) is 0.956. The van der Waals surface area contributed by atoms with Gasteiger partial charge in [0.15, 0.2) is 24.7 Å². The van der Waals surface area contributed by atoms with Crippen LogP contribution in [0.25, 0.3) is 0 Å². The molecule has 360 valence electrons. The van der Waals surface area contributed by atoms with Gasteiger partial charge in [-0.05, 0) is 81.0 Å². The van der Waals surface area contributed by atoms with Crippen LogP contribution in [0.5, 0.6) is 0 Å². The first-order valence-electron chi connectivity index (χ1n) is 23.5. The van der Waals surface area contributed by atoms with Gasteiger partial charge in [0.2, 0.25) is 0 Å². The van der Waals surface area contributed by atoms with E-state index in [9.17, 15) is 51.1 Å². The molecule has 3 saturated carbocycles. The summed E-state index contributed by atoms with van der Waals surface area (Å²) in [5, 5.41) is 108. The molecule has 5 aliphatic heterocycles. The number of aliphatic hydroxyl groups excluding tert-OH is 10. The van der Waals surface area contributed by atoms with Gasteiger partial charge in [0.05, 0.1) is 44.2 Å². The summed E-state index contributed by atoms with van der Waals surface area (Å²) < 4.78 is 50.1. The minimum absolute atomic E-state index is 0.0382. The minimum Gasteiger partial charge on any atom is -0.394 e. The summed E-state index contributed by atoms with van der Waals surface area (Å²) >= 11 is 0. The molecule has 63 heavy (non-hydrogen) atoms. The van der Waals surface area contributed by atoms with Crippen molar-refractivity contribution in [3.05, 3.63) is 11.6 Å². The van der Waals surface area contributed by atoms with Crippen LogP contribution in [0, 0.1) is 46.3 Å². The molecule has 5 heterocycles. The zero-order chi connectivity index (χ0) is 45.1. The molecular weight excluding hydrogens is 828 g/mol. The zero-order valence-corrected chi connectivity index (χ0v) is 37.0. The number of rotatable bonds is 8. The lowest BCUT2D eigenvalue weighted by molar-refractivity contribution is -0.394. The third kappa shape index (κ3) is 7.62. The Hall–Kier alpha value is -0.980. The van der Waals surface area contributed by atoms with Gasteiger partial charge in [-0.15, -0.1) is 0 Å². The molecule has 27 atom stereocenters. The van der Waals surface area contributed by atoms with Crippen molar-refractivity contribution < 1.29 is 89.0 Å². The molecule has 0 aromatic carbocycles. The van der Waals surface area contributed by atoms with Crippen LogP contribution >= 0.6 is 0 Å². The number of ether oxygens (including phenoxy) is 8. The molecule has 8 fully saturated rings. The summed E-state index contributed by atoms with van der Waals surface area (Å²) in [5.74, 6) is 1.17. The summed E-state index contributed by atoms with van der Waals surface area (Å²) in [6, 6.07) is 0. The highest BCUT2D eigenvalue weighted by Crippen LogP contribution is 2.70. The van der Waals surface area contributed by atoms with Crippen molar-refractivity contribution in [2.45, 2.75) is 202 Å². The third-order valence-electron chi connectivity index (χ3n) is 17.8. The standard InChI is InChI=1S/C45H72O18/c1-18-8-11-45(56-17-18)19(2)30-26(63-45)13-25-23-7-6-21-12-22(9-10-43(21,4)24(23)14-29(48)44(25,30)5)58-42-39(62-40-36(54)34(52)31(49)20(3)57-40)38(33(51)28(16-47)60-42)61-41-37(55)35(53)32(50)27(15-46)59-41/h6,18-20,22-42,46-55H,7-17H2,1-5H3/t18-,19+,20+,22+,23-,24+,25+,26+,27-,28-,29+,30+,31+,32-,33-,34-,35+,36-,37-,38+,39-,40+,41+,42-,43+,44-,45-/m1/s1.